The predicted molar refractivity (Wildman–Crippen MR) is 67.2 cm³/mol. The first-order chi connectivity index (χ1) is 9.41. The van der Waals surface area contributed by atoms with Crippen LogP contribution in [0.3, 0.4) is 0 Å². The number of hydrogen-bond donors (Lipinski definition) is 0. The Balaban J connectivity index is 2.17. The highest BCUT2D eigenvalue weighted by Gasteiger charge is 2.21. The molecule has 6 nitrogen and oxygen atoms in total. The van der Waals surface area contributed by atoms with Crippen LogP contribution < -0.4 is 0 Å². The molecule has 108 valence electrons. The Labute approximate surface area is 114 Å². The second-order valence-corrected chi connectivity index (χ2v) is 4.48. The van der Waals surface area contributed by atoms with Gasteiger partial charge in [0.1, 0.15) is 5.69 Å². The molecule has 0 aromatic carbocycles. The SMILES string of the molecule is Cc1c(CN(C)C(=O)c2ccnn2C(F)F)cnn1C. The van der Waals surface area contributed by atoms with E-state index in [0.717, 1.165) is 11.3 Å². The summed E-state index contributed by atoms with van der Waals surface area (Å²) < 4.78 is 27.5. The van der Waals surface area contributed by atoms with Crippen molar-refractivity contribution < 1.29 is 13.6 Å². The highest BCUT2D eigenvalue weighted by atomic mass is 19.3. The second-order valence-electron chi connectivity index (χ2n) is 4.48. The number of rotatable bonds is 4. The average Bonchev–Trinajstić information content (AvgIpc) is 3.00. The van der Waals surface area contributed by atoms with E-state index in [1.165, 1.54) is 17.2 Å². The van der Waals surface area contributed by atoms with Gasteiger partial charge in [-0.1, -0.05) is 0 Å². The summed E-state index contributed by atoms with van der Waals surface area (Å²) in [5.41, 5.74) is 1.66. The standard InChI is InChI=1S/C12H15F2N5O/c1-8-9(6-16-18(8)3)7-17(2)11(20)10-4-5-15-19(10)12(13)14/h4-6,12H,7H2,1-3H3. The Morgan fingerprint density at radius 3 is 2.70 bits per heavy atom. The van der Waals surface area contributed by atoms with Gasteiger partial charge in [0.25, 0.3) is 5.91 Å². The molecule has 20 heavy (non-hydrogen) atoms. The maximum absolute atomic E-state index is 12.7. The Morgan fingerprint density at radius 1 is 1.45 bits per heavy atom. The molecule has 0 unspecified atom stereocenters. The topological polar surface area (TPSA) is 56.0 Å². The highest BCUT2D eigenvalue weighted by Crippen LogP contribution is 2.15. The number of aromatic nitrogens is 4. The normalized spacial score (nSPS) is 11.1. The first-order valence-electron chi connectivity index (χ1n) is 5.96. The van der Waals surface area contributed by atoms with E-state index in [2.05, 4.69) is 10.2 Å². The van der Waals surface area contributed by atoms with E-state index in [4.69, 9.17) is 0 Å². The van der Waals surface area contributed by atoms with E-state index < -0.39 is 12.5 Å². The van der Waals surface area contributed by atoms with Crippen molar-refractivity contribution in [3.05, 3.63) is 35.4 Å². The van der Waals surface area contributed by atoms with Gasteiger partial charge in [-0.05, 0) is 13.0 Å². The zero-order chi connectivity index (χ0) is 14.9. The molecule has 0 aliphatic rings. The Hall–Kier alpha value is -2.25. The number of nitrogens with zero attached hydrogens (tertiary/aromatic N) is 5. The first-order valence-corrected chi connectivity index (χ1v) is 5.96. The van der Waals surface area contributed by atoms with Crippen LogP contribution in [0.15, 0.2) is 18.5 Å². The number of aryl methyl sites for hydroxylation is 1. The Morgan fingerprint density at radius 2 is 2.15 bits per heavy atom. The summed E-state index contributed by atoms with van der Waals surface area (Å²) in [7, 11) is 3.35. The summed E-state index contributed by atoms with van der Waals surface area (Å²) in [6, 6.07) is 1.28. The minimum absolute atomic E-state index is 0.135. The quantitative estimate of drug-likeness (QED) is 0.856. The highest BCUT2D eigenvalue weighted by molar-refractivity contribution is 5.92. The van der Waals surface area contributed by atoms with Crippen LogP contribution in [0.5, 0.6) is 0 Å². The zero-order valence-electron chi connectivity index (χ0n) is 11.4. The van der Waals surface area contributed by atoms with Gasteiger partial charge < -0.3 is 4.90 Å². The molecular weight excluding hydrogens is 268 g/mol. The summed E-state index contributed by atoms with van der Waals surface area (Å²) in [5.74, 6) is -0.508. The third-order valence-corrected chi connectivity index (χ3v) is 3.17. The number of carbonyl (C=O) groups is 1. The van der Waals surface area contributed by atoms with Gasteiger partial charge in [0.15, 0.2) is 0 Å². The summed E-state index contributed by atoms with van der Waals surface area (Å²) in [6.07, 6.45) is 2.84. The van der Waals surface area contributed by atoms with Gasteiger partial charge in [-0.15, -0.1) is 0 Å². The smallest absolute Gasteiger partial charge is 0.333 e. The number of halogens is 2. The van der Waals surface area contributed by atoms with Crippen LogP contribution >= 0.6 is 0 Å². The number of carbonyl (C=O) groups excluding carboxylic acids is 1. The first kappa shape index (κ1) is 14.2. The molecule has 0 aliphatic carbocycles. The van der Waals surface area contributed by atoms with Gasteiger partial charge in [-0.25, -0.2) is 0 Å². The molecule has 0 atom stereocenters. The molecule has 1 amide bonds. The largest absolute Gasteiger partial charge is 0.336 e. The molecule has 0 radical (unpaired) electrons. The van der Waals surface area contributed by atoms with Crippen molar-refractivity contribution in [1.29, 1.82) is 0 Å². The Kier molecular flexibility index (Phi) is 3.82. The molecule has 0 saturated heterocycles. The van der Waals surface area contributed by atoms with Crippen molar-refractivity contribution >= 4 is 5.91 Å². The lowest BCUT2D eigenvalue weighted by Gasteiger charge is -2.17. The van der Waals surface area contributed by atoms with E-state index >= 15 is 0 Å². The monoisotopic (exact) mass is 283 g/mol. The van der Waals surface area contributed by atoms with Crippen LogP contribution in [0.1, 0.15) is 28.3 Å². The lowest BCUT2D eigenvalue weighted by atomic mass is 10.2. The molecule has 2 heterocycles. The minimum Gasteiger partial charge on any atom is -0.336 e. The van der Waals surface area contributed by atoms with Gasteiger partial charge in [-0.3, -0.25) is 9.48 Å². The van der Waals surface area contributed by atoms with Crippen molar-refractivity contribution in [2.45, 2.75) is 20.0 Å². The van der Waals surface area contributed by atoms with Crippen LogP contribution in [-0.4, -0.2) is 37.4 Å². The number of alkyl halides is 2. The number of amides is 1. The van der Waals surface area contributed by atoms with Crippen molar-refractivity contribution in [1.82, 2.24) is 24.5 Å². The summed E-state index contributed by atoms with van der Waals surface area (Å²) in [6.45, 7) is -0.658. The second kappa shape index (κ2) is 5.40. The molecule has 2 rings (SSSR count). The van der Waals surface area contributed by atoms with Gasteiger partial charge in [-0.2, -0.15) is 23.7 Å². The van der Waals surface area contributed by atoms with Crippen molar-refractivity contribution in [2.75, 3.05) is 7.05 Å². The molecule has 2 aromatic heterocycles. The molecule has 0 aliphatic heterocycles. The fourth-order valence-electron chi connectivity index (χ4n) is 1.86. The molecule has 0 bridgehead atoms. The van der Waals surface area contributed by atoms with Crippen LogP contribution in [0.4, 0.5) is 8.78 Å². The molecule has 0 spiro atoms. The van der Waals surface area contributed by atoms with E-state index in [1.807, 2.05) is 6.92 Å². The predicted octanol–water partition coefficient (Wildman–Crippen LogP) is 1.59. The van der Waals surface area contributed by atoms with Crippen LogP contribution in [0.25, 0.3) is 0 Å². The molecule has 2 aromatic rings. The molecule has 0 saturated carbocycles. The van der Waals surface area contributed by atoms with Gasteiger partial charge in [0, 0.05) is 38.1 Å². The van der Waals surface area contributed by atoms with E-state index in [9.17, 15) is 13.6 Å². The van der Waals surface area contributed by atoms with Gasteiger partial charge in [0.05, 0.1) is 6.20 Å². The summed E-state index contributed by atoms with van der Waals surface area (Å²) in [5, 5.41) is 7.53. The Bertz CT molecular complexity index is 619. The average molecular weight is 283 g/mol. The van der Waals surface area contributed by atoms with E-state index in [1.54, 1.807) is 25.0 Å². The van der Waals surface area contributed by atoms with Crippen LogP contribution in [0.2, 0.25) is 0 Å². The lowest BCUT2D eigenvalue weighted by molar-refractivity contribution is 0.0472. The molecule has 0 N–H and O–H groups in total. The molecular formula is C12H15F2N5O. The summed E-state index contributed by atoms with van der Waals surface area (Å²) >= 11 is 0. The van der Waals surface area contributed by atoms with Crippen LogP contribution in [-0.2, 0) is 13.6 Å². The number of hydrogen-bond acceptors (Lipinski definition) is 3. The van der Waals surface area contributed by atoms with Crippen LogP contribution in [0, 0.1) is 6.92 Å². The maximum atomic E-state index is 12.7. The van der Waals surface area contributed by atoms with E-state index in [-0.39, 0.29) is 5.69 Å². The fraction of sp³-hybridized carbons (Fsp3) is 0.417. The minimum atomic E-state index is -2.84. The van der Waals surface area contributed by atoms with Crippen molar-refractivity contribution in [3.8, 4) is 0 Å². The molecule has 0 fully saturated rings. The maximum Gasteiger partial charge on any atom is 0.333 e. The zero-order valence-corrected chi connectivity index (χ0v) is 11.4. The fourth-order valence-corrected chi connectivity index (χ4v) is 1.86. The summed E-state index contributed by atoms with van der Waals surface area (Å²) in [4.78, 5) is 13.5. The third-order valence-electron chi connectivity index (χ3n) is 3.17. The van der Waals surface area contributed by atoms with Crippen molar-refractivity contribution in [2.24, 2.45) is 7.05 Å². The van der Waals surface area contributed by atoms with Gasteiger partial charge >= 0.3 is 6.55 Å². The van der Waals surface area contributed by atoms with Gasteiger partial charge in [0.2, 0.25) is 0 Å². The third kappa shape index (κ3) is 2.54. The van der Waals surface area contributed by atoms with E-state index in [0.29, 0.717) is 11.2 Å². The molecule has 8 heteroatoms. The van der Waals surface area contributed by atoms with Crippen molar-refractivity contribution in [3.63, 3.8) is 0 Å². The lowest BCUT2D eigenvalue weighted by Crippen LogP contribution is -2.29.